The lowest BCUT2D eigenvalue weighted by Gasteiger charge is -2.11. The average molecular weight is 363 g/mol. The SMILES string of the molecule is COc1ccc(/C=C/C(=O)C2=CC(C)=CCC2)c(Br)c1OC. The van der Waals surface area contributed by atoms with Gasteiger partial charge in [-0.1, -0.05) is 17.7 Å². The van der Waals surface area contributed by atoms with Crippen molar-refractivity contribution in [2.75, 3.05) is 14.2 Å². The highest BCUT2D eigenvalue weighted by Crippen LogP contribution is 2.38. The first-order valence-electron chi connectivity index (χ1n) is 7.07. The first-order chi connectivity index (χ1) is 10.6. The van der Waals surface area contributed by atoms with Crippen molar-refractivity contribution in [3.05, 3.63) is 51.5 Å². The summed E-state index contributed by atoms with van der Waals surface area (Å²) in [5, 5.41) is 0. The minimum absolute atomic E-state index is 0.0501. The topological polar surface area (TPSA) is 35.5 Å². The normalized spacial score (nSPS) is 14.5. The molecule has 0 bridgehead atoms. The van der Waals surface area contributed by atoms with Gasteiger partial charge in [-0.25, -0.2) is 0 Å². The average Bonchev–Trinajstić information content (AvgIpc) is 2.53. The Morgan fingerprint density at radius 3 is 2.68 bits per heavy atom. The molecule has 116 valence electrons. The Morgan fingerprint density at radius 2 is 2.05 bits per heavy atom. The Labute approximate surface area is 139 Å². The smallest absolute Gasteiger partial charge is 0.181 e. The van der Waals surface area contributed by atoms with Crippen LogP contribution in [0.1, 0.15) is 25.3 Å². The predicted octanol–water partition coefficient (Wildman–Crippen LogP) is 4.72. The van der Waals surface area contributed by atoms with Crippen molar-refractivity contribution in [1.29, 1.82) is 0 Å². The second-order valence-corrected chi connectivity index (χ2v) is 5.85. The first kappa shape index (κ1) is 16.6. The Bertz CT molecular complexity index is 669. The van der Waals surface area contributed by atoms with Gasteiger partial charge in [0.2, 0.25) is 0 Å². The Kier molecular flexibility index (Phi) is 5.61. The van der Waals surface area contributed by atoms with E-state index in [1.807, 2.05) is 25.1 Å². The lowest BCUT2D eigenvalue weighted by atomic mass is 9.96. The van der Waals surface area contributed by atoms with Crippen LogP contribution in [-0.4, -0.2) is 20.0 Å². The molecule has 0 aromatic heterocycles. The van der Waals surface area contributed by atoms with Crippen molar-refractivity contribution in [3.63, 3.8) is 0 Å². The van der Waals surface area contributed by atoms with Crippen LogP contribution >= 0.6 is 15.9 Å². The molecule has 0 N–H and O–H groups in total. The summed E-state index contributed by atoms with van der Waals surface area (Å²) >= 11 is 3.50. The summed E-state index contributed by atoms with van der Waals surface area (Å²) in [5.41, 5.74) is 2.87. The predicted molar refractivity (Wildman–Crippen MR) is 92.4 cm³/mol. The number of hydrogen-bond acceptors (Lipinski definition) is 3. The van der Waals surface area contributed by atoms with Crippen LogP contribution in [0.25, 0.3) is 6.08 Å². The van der Waals surface area contributed by atoms with E-state index in [4.69, 9.17) is 9.47 Å². The fraction of sp³-hybridized carbons (Fsp3) is 0.278. The highest BCUT2D eigenvalue weighted by atomic mass is 79.9. The van der Waals surface area contributed by atoms with Crippen molar-refractivity contribution in [3.8, 4) is 11.5 Å². The fourth-order valence-corrected chi connectivity index (χ4v) is 2.98. The highest BCUT2D eigenvalue weighted by molar-refractivity contribution is 9.10. The molecule has 0 saturated carbocycles. The van der Waals surface area contributed by atoms with Gasteiger partial charge < -0.3 is 9.47 Å². The van der Waals surface area contributed by atoms with Crippen LogP contribution in [0.15, 0.2) is 46.0 Å². The molecule has 0 heterocycles. The number of methoxy groups -OCH3 is 2. The second kappa shape index (κ2) is 7.45. The molecule has 0 spiro atoms. The summed E-state index contributed by atoms with van der Waals surface area (Å²) < 4.78 is 11.3. The number of allylic oxidation sites excluding steroid dienone is 5. The lowest BCUT2D eigenvalue weighted by molar-refractivity contribution is -0.111. The van der Waals surface area contributed by atoms with Crippen LogP contribution in [0.5, 0.6) is 11.5 Å². The molecule has 2 rings (SSSR count). The minimum atomic E-state index is 0.0501. The maximum atomic E-state index is 12.3. The molecule has 0 aliphatic heterocycles. The van der Waals surface area contributed by atoms with Gasteiger partial charge in [-0.05, 0) is 71.1 Å². The molecule has 1 aromatic rings. The second-order valence-electron chi connectivity index (χ2n) is 5.06. The molecule has 0 unspecified atom stereocenters. The highest BCUT2D eigenvalue weighted by Gasteiger charge is 2.12. The zero-order valence-corrected chi connectivity index (χ0v) is 14.6. The van der Waals surface area contributed by atoms with E-state index in [9.17, 15) is 4.79 Å². The quantitative estimate of drug-likeness (QED) is 0.711. The van der Waals surface area contributed by atoms with Crippen LogP contribution in [0.4, 0.5) is 0 Å². The van der Waals surface area contributed by atoms with Crippen molar-refractivity contribution in [2.24, 2.45) is 0 Å². The van der Waals surface area contributed by atoms with E-state index < -0.39 is 0 Å². The third-order valence-corrected chi connectivity index (χ3v) is 4.35. The fourth-order valence-electron chi connectivity index (χ4n) is 2.36. The summed E-state index contributed by atoms with van der Waals surface area (Å²) in [6, 6.07) is 3.70. The summed E-state index contributed by atoms with van der Waals surface area (Å²) in [7, 11) is 3.18. The van der Waals surface area contributed by atoms with Gasteiger partial charge in [0.15, 0.2) is 17.3 Å². The van der Waals surface area contributed by atoms with Crippen molar-refractivity contribution in [1.82, 2.24) is 0 Å². The first-order valence-corrected chi connectivity index (χ1v) is 7.86. The number of ketones is 1. The van der Waals surface area contributed by atoms with Gasteiger partial charge in [-0.2, -0.15) is 0 Å². The van der Waals surface area contributed by atoms with Crippen LogP contribution in [0, 0.1) is 0 Å². The van der Waals surface area contributed by atoms with Crippen molar-refractivity contribution in [2.45, 2.75) is 19.8 Å². The van der Waals surface area contributed by atoms with Gasteiger partial charge in [0.1, 0.15) is 0 Å². The summed E-state index contributed by atoms with van der Waals surface area (Å²) in [4.78, 5) is 12.3. The maximum Gasteiger partial charge on any atom is 0.181 e. The molecule has 0 saturated heterocycles. The number of ether oxygens (including phenoxy) is 2. The van der Waals surface area contributed by atoms with E-state index >= 15 is 0 Å². The van der Waals surface area contributed by atoms with Crippen LogP contribution in [0.2, 0.25) is 0 Å². The lowest BCUT2D eigenvalue weighted by Crippen LogP contribution is -2.01. The molecular formula is C18H19BrO3. The number of halogens is 1. The number of rotatable bonds is 5. The molecule has 1 aliphatic rings. The monoisotopic (exact) mass is 362 g/mol. The number of carbonyl (C=O) groups excluding carboxylic acids is 1. The number of hydrogen-bond donors (Lipinski definition) is 0. The standard InChI is InChI=1S/C18H19BrO3/c1-12-5-4-6-14(11-12)15(20)9-7-13-8-10-16(21-2)18(22-3)17(13)19/h5,7-11H,4,6H2,1-3H3/b9-7+. The number of carbonyl (C=O) groups is 1. The molecule has 4 heteroatoms. The Morgan fingerprint density at radius 1 is 1.27 bits per heavy atom. The molecule has 0 atom stereocenters. The largest absolute Gasteiger partial charge is 0.493 e. The molecule has 0 radical (unpaired) electrons. The van der Waals surface area contributed by atoms with Gasteiger partial charge in [-0.3, -0.25) is 4.79 Å². The van der Waals surface area contributed by atoms with Gasteiger partial charge in [0.05, 0.1) is 18.7 Å². The summed E-state index contributed by atoms with van der Waals surface area (Å²) in [5.74, 6) is 1.32. The Hall–Kier alpha value is -1.81. The van der Waals surface area contributed by atoms with E-state index in [0.717, 1.165) is 34.0 Å². The Balaban J connectivity index is 2.23. The molecule has 3 nitrogen and oxygen atoms in total. The summed E-state index contributed by atoms with van der Waals surface area (Å²) in [6.45, 7) is 2.01. The molecular weight excluding hydrogens is 344 g/mol. The third-order valence-electron chi connectivity index (χ3n) is 3.53. The van der Waals surface area contributed by atoms with E-state index in [1.165, 1.54) is 0 Å². The van der Waals surface area contributed by atoms with Crippen molar-refractivity contribution >= 4 is 27.8 Å². The number of benzene rings is 1. The molecule has 1 aliphatic carbocycles. The van der Waals surface area contributed by atoms with Crippen molar-refractivity contribution < 1.29 is 14.3 Å². The zero-order valence-electron chi connectivity index (χ0n) is 13.0. The molecule has 1 aromatic carbocycles. The van der Waals surface area contributed by atoms with Crippen LogP contribution in [-0.2, 0) is 4.79 Å². The maximum absolute atomic E-state index is 12.3. The summed E-state index contributed by atoms with van der Waals surface area (Å²) in [6.07, 6.45) is 9.23. The van der Waals surface area contributed by atoms with E-state index in [1.54, 1.807) is 26.4 Å². The minimum Gasteiger partial charge on any atom is -0.493 e. The van der Waals surface area contributed by atoms with Crippen LogP contribution < -0.4 is 9.47 Å². The third kappa shape index (κ3) is 3.69. The molecule has 22 heavy (non-hydrogen) atoms. The zero-order chi connectivity index (χ0) is 16.1. The van der Waals surface area contributed by atoms with Gasteiger partial charge in [0.25, 0.3) is 0 Å². The van der Waals surface area contributed by atoms with E-state index in [2.05, 4.69) is 22.0 Å². The molecule has 0 amide bonds. The molecule has 0 fully saturated rings. The van der Waals surface area contributed by atoms with Gasteiger partial charge >= 0.3 is 0 Å². The van der Waals surface area contributed by atoms with Crippen LogP contribution in [0.3, 0.4) is 0 Å². The van der Waals surface area contributed by atoms with E-state index in [0.29, 0.717) is 11.5 Å². The van der Waals surface area contributed by atoms with Gasteiger partial charge in [-0.15, -0.1) is 0 Å². The van der Waals surface area contributed by atoms with E-state index in [-0.39, 0.29) is 5.78 Å². The van der Waals surface area contributed by atoms with Gasteiger partial charge in [0, 0.05) is 0 Å².